The first-order valence-electron chi connectivity index (χ1n) is 6.17. The lowest BCUT2D eigenvalue weighted by Crippen LogP contribution is -2.40. The van der Waals surface area contributed by atoms with Gasteiger partial charge in [0.2, 0.25) is 0 Å². The summed E-state index contributed by atoms with van der Waals surface area (Å²) in [6.45, 7) is 0.647. The average Bonchev–Trinajstić information content (AvgIpc) is 2.89. The van der Waals surface area contributed by atoms with E-state index in [0.29, 0.717) is 23.0 Å². The summed E-state index contributed by atoms with van der Waals surface area (Å²) >= 11 is 6.07. The van der Waals surface area contributed by atoms with Gasteiger partial charge < -0.3 is 20.1 Å². The Bertz CT molecular complexity index is 467. The van der Waals surface area contributed by atoms with Gasteiger partial charge in [-0.3, -0.25) is 0 Å². The molecule has 2 rings (SSSR count). The summed E-state index contributed by atoms with van der Waals surface area (Å²) in [4.78, 5) is 13.7. The minimum absolute atomic E-state index is 0.0102. The maximum atomic E-state index is 12.1. The Labute approximate surface area is 117 Å². The number of urea groups is 1. The molecule has 0 radical (unpaired) electrons. The Morgan fingerprint density at radius 3 is 3.05 bits per heavy atom. The molecule has 1 heterocycles. The Kier molecular flexibility index (Phi) is 4.50. The number of amides is 2. The number of methoxy groups -OCH3 is 1. The van der Waals surface area contributed by atoms with Crippen molar-refractivity contribution in [3.8, 4) is 5.75 Å². The zero-order valence-electron chi connectivity index (χ0n) is 10.7. The molecular weight excluding hydrogens is 268 g/mol. The summed E-state index contributed by atoms with van der Waals surface area (Å²) in [5, 5.41) is 12.4. The zero-order valence-corrected chi connectivity index (χ0v) is 11.5. The van der Waals surface area contributed by atoms with E-state index < -0.39 is 0 Å². The topological polar surface area (TPSA) is 61.8 Å². The van der Waals surface area contributed by atoms with Crippen LogP contribution in [0.4, 0.5) is 10.5 Å². The molecule has 2 amide bonds. The molecule has 0 aromatic heterocycles. The Balaban J connectivity index is 2.06. The maximum Gasteiger partial charge on any atom is 0.322 e. The van der Waals surface area contributed by atoms with Gasteiger partial charge in [-0.15, -0.1) is 0 Å². The number of aliphatic hydroxyl groups is 1. The van der Waals surface area contributed by atoms with E-state index in [2.05, 4.69) is 5.32 Å². The number of nitrogens with zero attached hydrogens (tertiary/aromatic N) is 1. The fourth-order valence-corrected chi connectivity index (χ4v) is 2.42. The molecule has 0 saturated carbocycles. The van der Waals surface area contributed by atoms with Crippen molar-refractivity contribution < 1.29 is 14.6 Å². The molecule has 0 aliphatic carbocycles. The van der Waals surface area contributed by atoms with Crippen molar-refractivity contribution in [3.63, 3.8) is 0 Å². The van der Waals surface area contributed by atoms with E-state index in [4.69, 9.17) is 16.3 Å². The van der Waals surface area contributed by atoms with E-state index in [1.54, 1.807) is 30.2 Å². The van der Waals surface area contributed by atoms with Crippen LogP contribution in [0, 0.1) is 0 Å². The molecule has 1 aliphatic heterocycles. The average molecular weight is 285 g/mol. The number of ether oxygens (including phenoxy) is 1. The van der Waals surface area contributed by atoms with E-state index in [0.717, 1.165) is 12.8 Å². The fourth-order valence-electron chi connectivity index (χ4n) is 2.20. The van der Waals surface area contributed by atoms with Crippen molar-refractivity contribution >= 4 is 23.3 Å². The Hall–Kier alpha value is -1.46. The minimum atomic E-state index is -0.233. The van der Waals surface area contributed by atoms with Gasteiger partial charge in [0.1, 0.15) is 5.75 Å². The molecule has 1 fully saturated rings. The second-order valence-corrected chi connectivity index (χ2v) is 4.86. The molecule has 1 atom stereocenters. The molecule has 1 aromatic rings. The highest BCUT2D eigenvalue weighted by Crippen LogP contribution is 2.27. The van der Waals surface area contributed by atoms with E-state index in [1.165, 1.54) is 0 Å². The number of likely N-dealkylation sites (tertiary alicyclic amines) is 1. The van der Waals surface area contributed by atoms with Gasteiger partial charge in [0, 0.05) is 12.6 Å². The van der Waals surface area contributed by atoms with Crippen molar-refractivity contribution in [3.05, 3.63) is 23.2 Å². The van der Waals surface area contributed by atoms with Gasteiger partial charge in [-0.1, -0.05) is 11.6 Å². The third-order valence-electron chi connectivity index (χ3n) is 3.27. The quantitative estimate of drug-likeness (QED) is 0.895. The molecule has 0 unspecified atom stereocenters. The molecule has 1 aliphatic rings. The minimum Gasteiger partial charge on any atom is -0.497 e. The summed E-state index contributed by atoms with van der Waals surface area (Å²) in [5.74, 6) is 0.636. The number of carbonyl (C=O) groups excluding carboxylic acids is 1. The SMILES string of the molecule is COc1ccc(NC(=O)N2CCC[C@H]2CO)c(Cl)c1. The maximum absolute atomic E-state index is 12.1. The summed E-state index contributed by atoms with van der Waals surface area (Å²) in [7, 11) is 1.56. The second-order valence-electron chi connectivity index (χ2n) is 4.45. The van der Waals surface area contributed by atoms with E-state index >= 15 is 0 Å². The monoisotopic (exact) mass is 284 g/mol. The molecule has 1 aromatic carbocycles. The van der Waals surface area contributed by atoms with Gasteiger partial charge >= 0.3 is 6.03 Å². The van der Waals surface area contributed by atoms with Crippen molar-refractivity contribution in [1.29, 1.82) is 0 Å². The van der Waals surface area contributed by atoms with Crippen LogP contribution in [0.2, 0.25) is 5.02 Å². The molecule has 1 saturated heterocycles. The number of aliphatic hydroxyl groups excluding tert-OH is 1. The van der Waals surface area contributed by atoms with Gasteiger partial charge in [-0.05, 0) is 25.0 Å². The molecule has 0 spiro atoms. The normalized spacial score (nSPS) is 18.5. The lowest BCUT2D eigenvalue weighted by atomic mass is 10.2. The highest BCUT2D eigenvalue weighted by atomic mass is 35.5. The standard InChI is InChI=1S/C13H17ClN2O3/c1-19-10-4-5-12(11(14)7-10)15-13(18)16-6-2-3-9(16)8-17/h4-5,7,9,17H,2-3,6,8H2,1H3,(H,15,18)/t9-/m0/s1. The van der Waals surface area contributed by atoms with Gasteiger partial charge in [0.15, 0.2) is 0 Å². The van der Waals surface area contributed by atoms with Crippen LogP contribution in [0.1, 0.15) is 12.8 Å². The van der Waals surface area contributed by atoms with Crippen molar-refractivity contribution in [2.24, 2.45) is 0 Å². The van der Waals surface area contributed by atoms with Gasteiger partial charge in [0.05, 0.1) is 30.5 Å². The molecule has 2 N–H and O–H groups in total. The van der Waals surface area contributed by atoms with Gasteiger partial charge in [-0.25, -0.2) is 4.79 Å². The second kappa shape index (κ2) is 6.12. The van der Waals surface area contributed by atoms with Crippen molar-refractivity contribution in [1.82, 2.24) is 4.90 Å². The van der Waals surface area contributed by atoms with Crippen molar-refractivity contribution in [2.75, 3.05) is 25.6 Å². The fraction of sp³-hybridized carbons (Fsp3) is 0.462. The van der Waals surface area contributed by atoms with E-state index in [-0.39, 0.29) is 18.7 Å². The first-order chi connectivity index (χ1) is 9.15. The number of hydrogen-bond acceptors (Lipinski definition) is 3. The Morgan fingerprint density at radius 1 is 1.63 bits per heavy atom. The van der Waals surface area contributed by atoms with Crippen LogP contribution in [0.3, 0.4) is 0 Å². The number of nitrogens with one attached hydrogen (secondary N) is 1. The number of benzene rings is 1. The molecular formula is C13H17ClN2O3. The third-order valence-corrected chi connectivity index (χ3v) is 3.58. The molecule has 104 valence electrons. The summed E-state index contributed by atoms with van der Waals surface area (Å²) in [5.41, 5.74) is 0.538. The predicted molar refractivity (Wildman–Crippen MR) is 73.8 cm³/mol. The van der Waals surface area contributed by atoms with E-state index in [9.17, 15) is 9.90 Å². The smallest absolute Gasteiger partial charge is 0.322 e. The molecule has 19 heavy (non-hydrogen) atoms. The highest BCUT2D eigenvalue weighted by molar-refractivity contribution is 6.33. The van der Waals surface area contributed by atoms with Crippen LogP contribution >= 0.6 is 11.6 Å². The first-order valence-corrected chi connectivity index (χ1v) is 6.55. The van der Waals surface area contributed by atoms with E-state index in [1.807, 2.05) is 0 Å². The van der Waals surface area contributed by atoms with Crippen LogP contribution < -0.4 is 10.1 Å². The highest BCUT2D eigenvalue weighted by Gasteiger charge is 2.28. The van der Waals surface area contributed by atoms with Crippen LogP contribution in [0.5, 0.6) is 5.75 Å². The van der Waals surface area contributed by atoms with Crippen LogP contribution in [0.15, 0.2) is 18.2 Å². The largest absolute Gasteiger partial charge is 0.497 e. The van der Waals surface area contributed by atoms with Crippen LogP contribution in [-0.2, 0) is 0 Å². The van der Waals surface area contributed by atoms with Gasteiger partial charge in [-0.2, -0.15) is 0 Å². The Morgan fingerprint density at radius 2 is 2.42 bits per heavy atom. The van der Waals surface area contributed by atoms with Gasteiger partial charge in [0.25, 0.3) is 0 Å². The number of rotatable bonds is 3. The molecule has 6 heteroatoms. The number of hydrogen-bond donors (Lipinski definition) is 2. The lowest BCUT2D eigenvalue weighted by molar-refractivity contribution is 0.166. The zero-order chi connectivity index (χ0) is 13.8. The van der Waals surface area contributed by atoms with Crippen LogP contribution in [0.25, 0.3) is 0 Å². The third kappa shape index (κ3) is 3.11. The number of anilines is 1. The summed E-state index contributed by atoms with van der Waals surface area (Å²) in [6.07, 6.45) is 1.75. The van der Waals surface area contributed by atoms with Crippen LogP contribution in [-0.4, -0.2) is 42.3 Å². The van der Waals surface area contributed by atoms with Crippen molar-refractivity contribution in [2.45, 2.75) is 18.9 Å². The number of carbonyl (C=O) groups is 1. The molecule has 5 nitrogen and oxygen atoms in total. The summed E-state index contributed by atoms with van der Waals surface area (Å²) < 4.78 is 5.05. The first kappa shape index (κ1) is 14.0. The predicted octanol–water partition coefficient (Wildman–Crippen LogP) is 2.34. The lowest BCUT2D eigenvalue weighted by Gasteiger charge is -2.23. The number of halogens is 1. The molecule has 0 bridgehead atoms. The summed E-state index contributed by atoms with van der Waals surface area (Å²) in [6, 6.07) is 4.74.